The molecule has 1 unspecified atom stereocenters. The highest BCUT2D eigenvalue weighted by Gasteiger charge is 2.48. The van der Waals surface area contributed by atoms with E-state index in [0.29, 0.717) is 52.2 Å². The molecule has 1 saturated heterocycles. The van der Waals surface area contributed by atoms with Gasteiger partial charge in [-0.2, -0.15) is 0 Å². The number of pyridine rings is 1. The molecule has 38 heavy (non-hydrogen) atoms. The maximum atomic E-state index is 13.5. The number of aliphatic hydroxyl groups excluding tert-OH is 1. The molecule has 0 bridgehead atoms. The molecule has 0 radical (unpaired) electrons. The number of carbonyl (C=O) groups excluding carboxylic acids is 2. The number of carbonyl (C=O) groups is 2. The maximum absolute atomic E-state index is 13.5. The van der Waals surface area contributed by atoms with E-state index in [1.165, 1.54) is 35.7 Å². The van der Waals surface area contributed by atoms with Crippen LogP contribution in [0.3, 0.4) is 0 Å². The number of rotatable bonds is 8. The van der Waals surface area contributed by atoms with E-state index >= 15 is 0 Å². The first-order chi connectivity index (χ1) is 18.5. The van der Waals surface area contributed by atoms with Gasteiger partial charge in [-0.05, 0) is 61.9 Å². The molecule has 0 spiro atoms. The lowest BCUT2D eigenvalue weighted by atomic mass is 9.95. The number of anilines is 1. The Balaban J connectivity index is 1.71. The predicted octanol–water partition coefficient (Wildman–Crippen LogP) is 5.12. The van der Waals surface area contributed by atoms with Crippen LogP contribution in [-0.2, 0) is 9.59 Å². The molecule has 9 nitrogen and oxygen atoms in total. The van der Waals surface area contributed by atoms with Crippen molar-refractivity contribution in [1.82, 2.24) is 9.97 Å². The fraction of sp³-hybridized carbons (Fsp3) is 0.214. The van der Waals surface area contributed by atoms with Gasteiger partial charge in [0.2, 0.25) is 0 Å². The summed E-state index contributed by atoms with van der Waals surface area (Å²) in [5.74, 6) is -0.264. The Kier molecular flexibility index (Phi) is 6.97. The Morgan fingerprint density at radius 1 is 1.00 bits per heavy atom. The van der Waals surface area contributed by atoms with Crippen LogP contribution in [0.2, 0.25) is 0 Å². The van der Waals surface area contributed by atoms with Crippen molar-refractivity contribution in [2.24, 2.45) is 0 Å². The minimum absolute atomic E-state index is 0.0540. The first-order valence-electron chi connectivity index (χ1n) is 12.0. The molecule has 1 atom stereocenters. The highest BCUT2D eigenvalue weighted by Crippen LogP contribution is 2.46. The van der Waals surface area contributed by atoms with E-state index in [0.717, 1.165) is 4.70 Å². The zero-order chi connectivity index (χ0) is 26.8. The first kappa shape index (κ1) is 25.2. The molecular formula is C28H25N3O6S. The average molecular weight is 532 g/mol. The maximum Gasteiger partial charge on any atom is 0.301 e. The normalized spacial score (nSPS) is 16.7. The molecule has 1 fully saturated rings. The minimum atomic E-state index is -0.959. The predicted molar refractivity (Wildman–Crippen MR) is 144 cm³/mol. The van der Waals surface area contributed by atoms with E-state index in [2.05, 4.69) is 9.97 Å². The summed E-state index contributed by atoms with van der Waals surface area (Å²) in [6.45, 7) is 4.71. The van der Waals surface area contributed by atoms with Crippen molar-refractivity contribution in [3.8, 4) is 17.2 Å². The monoisotopic (exact) mass is 531 g/mol. The average Bonchev–Trinajstić information content (AvgIpc) is 3.47. The summed E-state index contributed by atoms with van der Waals surface area (Å²) in [6.07, 6.45) is 3.01. The van der Waals surface area contributed by atoms with Gasteiger partial charge in [0.15, 0.2) is 16.6 Å². The number of benzene rings is 2. The summed E-state index contributed by atoms with van der Waals surface area (Å²) in [4.78, 5) is 36.9. The van der Waals surface area contributed by atoms with Gasteiger partial charge in [-0.3, -0.25) is 19.5 Å². The second kappa shape index (κ2) is 10.5. The second-order valence-corrected chi connectivity index (χ2v) is 9.32. The van der Waals surface area contributed by atoms with Gasteiger partial charge in [-0.15, -0.1) is 0 Å². The van der Waals surface area contributed by atoms with Crippen molar-refractivity contribution in [3.05, 3.63) is 77.6 Å². The summed E-state index contributed by atoms with van der Waals surface area (Å²) in [7, 11) is 1.51. The topological polar surface area (TPSA) is 111 Å². The molecule has 5 rings (SSSR count). The smallest absolute Gasteiger partial charge is 0.301 e. The molecule has 1 aliphatic heterocycles. The van der Waals surface area contributed by atoms with Gasteiger partial charge in [0.05, 0.1) is 42.2 Å². The Morgan fingerprint density at radius 2 is 1.76 bits per heavy atom. The lowest BCUT2D eigenvalue weighted by molar-refractivity contribution is -0.132. The van der Waals surface area contributed by atoms with Crippen LogP contribution >= 0.6 is 11.3 Å². The van der Waals surface area contributed by atoms with E-state index in [4.69, 9.17) is 14.2 Å². The fourth-order valence-corrected chi connectivity index (χ4v) is 5.41. The van der Waals surface area contributed by atoms with Crippen LogP contribution < -0.4 is 19.1 Å². The Bertz CT molecular complexity index is 1550. The van der Waals surface area contributed by atoms with Crippen molar-refractivity contribution in [1.29, 1.82) is 0 Å². The van der Waals surface area contributed by atoms with Crippen LogP contribution in [0.4, 0.5) is 5.13 Å². The standard InChI is InChI=1S/C28H25N3O6S/c1-4-36-18-7-8-19-22(15-18)38-28(30-19)31-24(17-6-9-20(37-5-2)21(14-17)35-3)23(26(33)27(31)34)25(32)16-10-12-29-13-11-16/h6-15,24,32H,4-5H2,1-3H3. The van der Waals surface area contributed by atoms with Gasteiger partial charge >= 0.3 is 5.91 Å². The van der Waals surface area contributed by atoms with Gasteiger partial charge < -0.3 is 19.3 Å². The van der Waals surface area contributed by atoms with Crippen molar-refractivity contribution in [2.45, 2.75) is 19.9 Å². The number of fused-ring (bicyclic) bond motifs is 1. The number of amides is 1. The van der Waals surface area contributed by atoms with Gasteiger partial charge in [0.1, 0.15) is 11.5 Å². The highest BCUT2D eigenvalue weighted by atomic mass is 32.1. The Morgan fingerprint density at radius 3 is 2.47 bits per heavy atom. The summed E-state index contributed by atoms with van der Waals surface area (Å²) in [5.41, 5.74) is 1.52. The number of ketones is 1. The minimum Gasteiger partial charge on any atom is -0.507 e. The zero-order valence-corrected chi connectivity index (χ0v) is 21.8. The third-order valence-corrected chi connectivity index (χ3v) is 7.08. The largest absolute Gasteiger partial charge is 0.507 e. The molecule has 1 aliphatic rings. The third kappa shape index (κ3) is 4.43. The van der Waals surface area contributed by atoms with Crippen molar-refractivity contribution < 1.29 is 28.9 Å². The number of nitrogens with zero attached hydrogens (tertiary/aromatic N) is 3. The third-order valence-electron chi connectivity index (χ3n) is 6.07. The second-order valence-electron chi connectivity index (χ2n) is 8.31. The number of thiazole rings is 1. The van der Waals surface area contributed by atoms with Gasteiger partial charge in [0.25, 0.3) is 5.78 Å². The SMILES string of the molecule is CCOc1ccc2nc(N3C(=O)C(=O)C(=C(O)c4ccncc4)C3c3ccc(OCC)c(OC)c3)sc2c1. The molecule has 194 valence electrons. The number of aliphatic hydroxyl groups is 1. The number of ether oxygens (including phenoxy) is 3. The molecule has 10 heteroatoms. The Hall–Kier alpha value is -4.44. The molecule has 1 N–H and O–H groups in total. The first-order valence-corrected chi connectivity index (χ1v) is 12.8. The van der Waals surface area contributed by atoms with Gasteiger partial charge in [-0.25, -0.2) is 4.98 Å². The number of methoxy groups -OCH3 is 1. The van der Waals surface area contributed by atoms with Crippen molar-refractivity contribution in [3.63, 3.8) is 0 Å². The lowest BCUT2D eigenvalue weighted by Gasteiger charge is -2.23. The van der Waals surface area contributed by atoms with Gasteiger partial charge in [0, 0.05) is 18.0 Å². The van der Waals surface area contributed by atoms with Crippen molar-refractivity contribution >= 4 is 44.1 Å². The zero-order valence-electron chi connectivity index (χ0n) is 21.0. The summed E-state index contributed by atoms with van der Waals surface area (Å²) in [5, 5.41) is 11.6. The van der Waals surface area contributed by atoms with E-state index in [1.807, 2.05) is 32.0 Å². The molecule has 0 saturated carbocycles. The lowest BCUT2D eigenvalue weighted by Crippen LogP contribution is -2.29. The van der Waals surface area contributed by atoms with E-state index in [-0.39, 0.29) is 11.3 Å². The highest BCUT2D eigenvalue weighted by molar-refractivity contribution is 7.22. The van der Waals surface area contributed by atoms with Gasteiger partial charge in [-0.1, -0.05) is 17.4 Å². The number of hydrogen-bond acceptors (Lipinski definition) is 9. The Labute approximate surface area is 222 Å². The molecule has 0 aliphatic carbocycles. The van der Waals surface area contributed by atoms with Crippen LogP contribution in [0.25, 0.3) is 16.0 Å². The summed E-state index contributed by atoms with van der Waals surface area (Å²) in [6, 6.07) is 12.8. The quantitative estimate of drug-likeness (QED) is 0.189. The van der Waals surface area contributed by atoms with Crippen LogP contribution in [0.15, 0.2) is 66.5 Å². The fourth-order valence-electron chi connectivity index (χ4n) is 4.39. The van der Waals surface area contributed by atoms with E-state index < -0.39 is 17.7 Å². The molecule has 1 amide bonds. The van der Waals surface area contributed by atoms with Crippen LogP contribution in [0.1, 0.15) is 31.0 Å². The van der Waals surface area contributed by atoms with Crippen LogP contribution in [-0.4, -0.2) is 47.1 Å². The van der Waals surface area contributed by atoms with E-state index in [1.54, 1.807) is 30.3 Å². The summed E-state index contributed by atoms with van der Waals surface area (Å²) < 4.78 is 17.6. The number of Topliss-reactive ketones (excluding diaryl/α,β-unsaturated/α-hetero) is 1. The summed E-state index contributed by atoms with van der Waals surface area (Å²) >= 11 is 1.26. The molecule has 3 heterocycles. The molecule has 2 aromatic heterocycles. The number of aromatic nitrogens is 2. The van der Waals surface area contributed by atoms with Crippen LogP contribution in [0, 0.1) is 0 Å². The molecule has 2 aromatic carbocycles. The molecular weight excluding hydrogens is 506 g/mol. The van der Waals surface area contributed by atoms with Crippen molar-refractivity contribution in [2.75, 3.05) is 25.2 Å². The van der Waals surface area contributed by atoms with E-state index in [9.17, 15) is 14.7 Å². The van der Waals surface area contributed by atoms with Crippen LogP contribution in [0.5, 0.6) is 17.2 Å². The number of hydrogen-bond donors (Lipinski definition) is 1. The molecule has 4 aromatic rings.